The van der Waals surface area contributed by atoms with E-state index in [9.17, 15) is 9.18 Å². The molecule has 1 saturated heterocycles. The molecule has 0 spiro atoms. The molecule has 0 N–H and O–H groups in total. The number of nitrogens with zero attached hydrogens (tertiary/aromatic N) is 3. The fourth-order valence-electron chi connectivity index (χ4n) is 4.62. The maximum absolute atomic E-state index is 14.5. The molecular formula is C24H26FN3O3. The standard InChI is InChI=1S/C24H26FN3O3/c1-16-6-4-5-11-27(16)14-24(29)28-21(17-9-10-22-23(12-17)31-15-30-22)13-20(26-28)18-7-2-3-8-19(18)25/h2-3,7-10,12,16,21H,4-6,11,13-15H2,1H3/t16-,21-/m1/s1. The lowest BCUT2D eigenvalue weighted by molar-refractivity contribution is -0.135. The van der Waals surface area contributed by atoms with Gasteiger partial charge in [-0.05, 0) is 50.1 Å². The molecule has 0 radical (unpaired) electrons. The molecule has 0 saturated carbocycles. The molecule has 0 bridgehead atoms. The summed E-state index contributed by atoms with van der Waals surface area (Å²) in [5.74, 6) is 0.957. The van der Waals surface area contributed by atoms with Gasteiger partial charge in [-0.15, -0.1) is 0 Å². The van der Waals surface area contributed by atoms with Crippen LogP contribution in [0.25, 0.3) is 0 Å². The Hall–Kier alpha value is -2.93. The molecule has 7 heteroatoms. The Morgan fingerprint density at radius 2 is 2.00 bits per heavy atom. The maximum Gasteiger partial charge on any atom is 0.257 e. The van der Waals surface area contributed by atoms with E-state index in [1.807, 2.05) is 18.2 Å². The molecule has 6 nitrogen and oxygen atoms in total. The van der Waals surface area contributed by atoms with E-state index < -0.39 is 0 Å². The van der Waals surface area contributed by atoms with E-state index in [2.05, 4.69) is 16.9 Å². The number of benzene rings is 2. The van der Waals surface area contributed by atoms with Crippen molar-refractivity contribution in [2.24, 2.45) is 5.10 Å². The van der Waals surface area contributed by atoms with Crippen molar-refractivity contribution in [1.82, 2.24) is 9.91 Å². The van der Waals surface area contributed by atoms with Gasteiger partial charge in [0.05, 0.1) is 18.3 Å². The normalized spacial score (nSPS) is 23.2. The summed E-state index contributed by atoms with van der Waals surface area (Å²) in [5, 5.41) is 6.16. The zero-order chi connectivity index (χ0) is 21.4. The summed E-state index contributed by atoms with van der Waals surface area (Å²) in [6.07, 6.45) is 3.85. The second kappa shape index (κ2) is 8.30. The summed E-state index contributed by atoms with van der Waals surface area (Å²) in [7, 11) is 0. The summed E-state index contributed by atoms with van der Waals surface area (Å²) in [6, 6.07) is 12.3. The van der Waals surface area contributed by atoms with Crippen LogP contribution in [0.4, 0.5) is 4.39 Å². The van der Waals surface area contributed by atoms with Crippen LogP contribution in [0.3, 0.4) is 0 Å². The monoisotopic (exact) mass is 423 g/mol. The van der Waals surface area contributed by atoms with Gasteiger partial charge in [0, 0.05) is 18.0 Å². The minimum atomic E-state index is -0.329. The van der Waals surface area contributed by atoms with Gasteiger partial charge >= 0.3 is 0 Å². The molecule has 3 heterocycles. The van der Waals surface area contributed by atoms with Gasteiger partial charge in [-0.2, -0.15) is 5.10 Å². The summed E-state index contributed by atoms with van der Waals surface area (Å²) >= 11 is 0. The number of likely N-dealkylation sites (tertiary alicyclic amines) is 1. The van der Waals surface area contributed by atoms with Gasteiger partial charge in [0.25, 0.3) is 5.91 Å². The molecular weight excluding hydrogens is 397 g/mol. The van der Waals surface area contributed by atoms with E-state index in [4.69, 9.17) is 9.47 Å². The molecule has 2 aromatic carbocycles. The van der Waals surface area contributed by atoms with Gasteiger partial charge < -0.3 is 9.47 Å². The van der Waals surface area contributed by atoms with Gasteiger partial charge in [0.15, 0.2) is 11.5 Å². The fraction of sp³-hybridized carbons (Fsp3) is 0.417. The first-order valence-electron chi connectivity index (χ1n) is 10.9. The van der Waals surface area contributed by atoms with Crippen molar-refractivity contribution in [3.05, 3.63) is 59.4 Å². The van der Waals surface area contributed by atoms with Gasteiger partial charge in [-0.3, -0.25) is 9.69 Å². The third-order valence-corrected chi connectivity index (χ3v) is 6.41. The zero-order valence-electron chi connectivity index (χ0n) is 17.6. The van der Waals surface area contributed by atoms with Gasteiger partial charge in [0.2, 0.25) is 6.79 Å². The van der Waals surface area contributed by atoms with Crippen molar-refractivity contribution < 1.29 is 18.7 Å². The zero-order valence-corrected chi connectivity index (χ0v) is 17.6. The summed E-state index contributed by atoms with van der Waals surface area (Å²) in [6.45, 7) is 3.59. The molecule has 3 aliphatic heterocycles. The van der Waals surface area contributed by atoms with Crippen LogP contribution in [0, 0.1) is 5.82 Å². The number of hydrazone groups is 1. The molecule has 0 aliphatic carbocycles. The number of piperidine rings is 1. The lowest BCUT2D eigenvalue weighted by Crippen LogP contribution is -2.44. The first-order valence-corrected chi connectivity index (χ1v) is 10.9. The van der Waals surface area contributed by atoms with Gasteiger partial charge in [0.1, 0.15) is 5.82 Å². The van der Waals surface area contributed by atoms with Crippen LogP contribution >= 0.6 is 0 Å². The number of fused-ring (bicyclic) bond motifs is 1. The summed E-state index contributed by atoms with van der Waals surface area (Å²) < 4.78 is 25.4. The molecule has 2 atom stereocenters. The molecule has 162 valence electrons. The lowest BCUT2D eigenvalue weighted by atomic mass is 9.97. The van der Waals surface area contributed by atoms with Crippen LogP contribution in [-0.4, -0.2) is 47.5 Å². The third-order valence-electron chi connectivity index (χ3n) is 6.41. The number of carbonyl (C=O) groups excluding carboxylic acids is 1. The van der Waals surface area contributed by atoms with Crippen molar-refractivity contribution in [3.63, 3.8) is 0 Å². The Kier molecular flexibility index (Phi) is 5.36. The highest BCUT2D eigenvalue weighted by atomic mass is 19.1. The van der Waals surface area contributed by atoms with Gasteiger partial charge in [-0.1, -0.05) is 30.7 Å². The lowest BCUT2D eigenvalue weighted by Gasteiger charge is -2.34. The molecule has 3 aliphatic rings. The van der Waals surface area contributed by atoms with Crippen molar-refractivity contribution in [1.29, 1.82) is 0 Å². The molecule has 31 heavy (non-hydrogen) atoms. The molecule has 1 amide bonds. The molecule has 1 fully saturated rings. The minimum Gasteiger partial charge on any atom is -0.454 e. The predicted octanol–water partition coefficient (Wildman–Crippen LogP) is 4.11. The topological polar surface area (TPSA) is 54.4 Å². The van der Waals surface area contributed by atoms with Crippen molar-refractivity contribution in [2.75, 3.05) is 19.9 Å². The van der Waals surface area contributed by atoms with Gasteiger partial charge in [-0.25, -0.2) is 9.40 Å². The maximum atomic E-state index is 14.5. The Bertz CT molecular complexity index is 1020. The number of halogens is 1. The van der Waals surface area contributed by atoms with Crippen LogP contribution in [0.15, 0.2) is 47.6 Å². The van der Waals surface area contributed by atoms with Crippen LogP contribution in [-0.2, 0) is 4.79 Å². The molecule has 0 unspecified atom stereocenters. The average molecular weight is 423 g/mol. The first kappa shape index (κ1) is 20.0. The first-order chi connectivity index (χ1) is 15.1. The van der Waals surface area contributed by atoms with Crippen molar-refractivity contribution in [2.45, 2.75) is 44.7 Å². The van der Waals surface area contributed by atoms with Crippen molar-refractivity contribution >= 4 is 11.6 Å². The number of carbonyl (C=O) groups is 1. The Balaban J connectivity index is 1.45. The molecule has 2 aromatic rings. The highest BCUT2D eigenvalue weighted by Crippen LogP contribution is 2.39. The fourth-order valence-corrected chi connectivity index (χ4v) is 4.62. The Labute approximate surface area is 181 Å². The van der Waals surface area contributed by atoms with E-state index >= 15 is 0 Å². The summed E-state index contributed by atoms with van der Waals surface area (Å²) in [4.78, 5) is 15.6. The number of hydrogen-bond donors (Lipinski definition) is 0. The average Bonchev–Trinajstić information content (AvgIpc) is 3.42. The molecule has 5 rings (SSSR count). The number of amides is 1. The Morgan fingerprint density at radius 3 is 2.84 bits per heavy atom. The van der Waals surface area contributed by atoms with Crippen molar-refractivity contribution in [3.8, 4) is 11.5 Å². The van der Waals surface area contributed by atoms with Crippen LogP contribution < -0.4 is 9.47 Å². The number of rotatable bonds is 4. The molecule has 0 aromatic heterocycles. The second-order valence-electron chi connectivity index (χ2n) is 8.41. The quantitative estimate of drug-likeness (QED) is 0.743. The van der Waals surface area contributed by atoms with Crippen LogP contribution in [0.5, 0.6) is 11.5 Å². The predicted molar refractivity (Wildman–Crippen MR) is 115 cm³/mol. The van der Waals surface area contributed by atoms with E-state index in [1.165, 1.54) is 12.5 Å². The smallest absolute Gasteiger partial charge is 0.257 e. The highest BCUT2D eigenvalue weighted by Gasteiger charge is 2.36. The third kappa shape index (κ3) is 3.90. The van der Waals surface area contributed by atoms with E-state index in [-0.39, 0.29) is 24.6 Å². The van der Waals surface area contributed by atoms with E-state index in [1.54, 1.807) is 23.2 Å². The minimum absolute atomic E-state index is 0.0669. The second-order valence-corrected chi connectivity index (χ2v) is 8.41. The number of hydrogen-bond acceptors (Lipinski definition) is 5. The highest BCUT2D eigenvalue weighted by molar-refractivity contribution is 6.03. The van der Waals surface area contributed by atoms with E-state index in [0.29, 0.717) is 41.8 Å². The number of ether oxygens (including phenoxy) is 2. The van der Waals surface area contributed by atoms with E-state index in [0.717, 1.165) is 24.9 Å². The Morgan fingerprint density at radius 1 is 1.16 bits per heavy atom. The van der Waals surface area contributed by atoms with Crippen LogP contribution in [0.2, 0.25) is 0 Å². The van der Waals surface area contributed by atoms with Crippen LogP contribution in [0.1, 0.15) is 49.8 Å². The summed E-state index contributed by atoms with van der Waals surface area (Å²) in [5.41, 5.74) is 1.93. The SMILES string of the molecule is C[C@@H]1CCCCN1CC(=O)N1N=C(c2ccccc2F)C[C@@H]1c1ccc2c(c1)OCO2. The largest absolute Gasteiger partial charge is 0.454 e.